The van der Waals surface area contributed by atoms with Gasteiger partial charge in [0.2, 0.25) is 0 Å². The largest absolute Gasteiger partial charge is 0.387 e. The van der Waals surface area contributed by atoms with Crippen LogP contribution in [0.4, 0.5) is 0 Å². The first-order valence-electron chi connectivity index (χ1n) is 11.4. The first-order valence-corrected chi connectivity index (χ1v) is 11.4. The van der Waals surface area contributed by atoms with Crippen LogP contribution >= 0.6 is 0 Å². The summed E-state index contributed by atoms with van der Waals surface area (Å²) in [4.78, 5) is 0. The lowest BCUT2D eigenvalue weighted by Gasteiger charge is -2.43. The first kappa shape index (κ1) is 29.9. The van der Waals surface area contributed by atoms with E-state index in [9.17, 15) is 46.0 Å². The fourth-order valence-electron chi connectivity index (χ4n) is 4.18. The lowest BCUT2D eigenvalue weighted by molar-refractivity contribution is -0.341. The van der Waals surface area contributed by atoms with Crippen molar-refractivity contribution in [3.8, 4) is 0 Å². The van der Waals surface area contributed by atoms with Gasteiger partial charge in [0.25, 0.3) is 0 Å². The quantitative estimate of drug-likeness (QED) is 0.134. The number of aliphatic hydroxyl groups excluding tert-OH is 9. The molecule has 0 bridgehead atoms. The SMILES string of the molecule is COC[C@H]1O[C@H](OC[C@H]2O[C@H](OC[C@H]3O[C@H](OC)[C@@H](O)[C@@H](O)[C@@H]3O)[C@@H](O)[C@@H](O)[C@@H]2O)[C@@H](O)[C@@H](O)[C@@H]1O. The van der Waals surface area contributed by atoms with Crippen molar-refractivity contribution in [2.45, 2.75) is 92.1 Å². The van der Waals surface area contributed by atoms with Gasteiger partial charge in [-0.25, -0.2) is 0 Å². The molecule has 3 heterocycles. The summed E-state index contributed by atoms with van der Waals surface area (Å²) >= 11 is 0. The van der Waals surface area contributed by atoms with E-state index in [2.05, 4.69) is 0 Å². The molecule has 15 atom stereocenters. The number of hydrogen-bond acceptors (Lipinski definition) is 16. The average Bonchev–Trinajstić information content (AvgIpc) is 2.87. The van der Waals surface area contributed by atoms with E-state index in [0.717, 1.165) is 0 Å². The highest BCUT2D eigenvalue weighted by Crippen LogP contribution is 2.27. The fraction of sp³-hybridized carbons (Fsp3) is 1.00. The van der Waals surface area contributed by atoms with E-state index in [1.807, 2.05) is 0 Å². The van der Waals surface area contributed by atoms with E-state index in [-0.39, 0.29) is 6.61 Å². The molecule has 3 saturated heterocycles. The molecule has 36 heavy (non-hydrogen) atoms. The van der Waals surface area contributed by atoms with E-state index >= 15 is 0 Å². The molecular formula is C20H36O16. The molecule has 0 amide bonds. The van der Waals surface area contributed by atoms with E-state index in [1.165, 1.54) is 14.2 Å². The Labute approximate surface area is 206 Å². The van der Waals surface area contributed by atoms with Crippen LogP contribution in [0.15, 0.2) is 0 Å². The van der Waals surface area contributed by atoms with Gasteiger partial charge in [-0.1, -0.05) is 0 Å². The number of ether oxygens (including phenoxy) is 7. The van der Waals surface area contributed by atoms with E-state index in [1.54, 1.807) is 0 Å². The molecule has 0 aromatic rings. The van der Waals surface area contributed by atoms with Gasteiger partial charge in [0, 0.05) is 14.2 Å². The summed E-state index contributed by atoms with van der Waals surface area (Å²) in [7, 11) is 2.56. The summed E-state index contributed by atoms with van der Waals surface area (Å²) in [6.07, 6.45) is -22.4. The van der Waals surface area contributed by atoms with Crippen molar-refractivity contribution >= 4 is 0 Å². The zero-order valence-electron chi connectivity index (χ0n) is 19.7. The number of hydrogen-bond donors (Lipinski definition) is 9. The van der Waals surface area contributed by atoms with Crippen molar-refractivity contribution in [1.82, 2.24) is 0 Å². The summed E-state index contributed by atoms with van der Waals surface area (Å²) in [5.74, 6) is 0. The Morgan fingerprint density at radius 1 is 0.444 bits per heavy atom. The van der Waals surface area contributed by atoms with Gasteiger partial charge in [0.15, 0.2) is 18.9 Å². The summed E-state index contributed by atoms with van der Waals surface area (Å²) in [6, 6.07) is 0. The topological polar surface area (TPSA) is 247 Å². The molecule has 16 heteroatoms. The Morgan fingerprint density at radius 3 is 1.14 bits per heavy atom. The van der Waals surface area contributed by atoms with Crippen LogP contribution in [-0.2, 0) is 33.2 Å². The summed E-state index contributed by atoms with van der Waals surface area (Å²) in [5.41, 5.74) is 0. The zero-order valence-corrected chi connectivity index (χ0v) is 19.7. The van der Waals surface area contributed by atoms with Crippen LogP contribution in [0, 0.1) is 0 Å². The molecule has 0 spiro atoms. The molecule has 0 radical (unpaired) electrons. The monoisotopic (exact) mass is 532 g/mol. The maximum atomic E-state index is 10.3. The summed E-state index contributed by atoms with van der Waals surface area (Å²) in [5, 5.41) is 91.0. The predicted octanol–water partition coefficient (Wildman–Crippen LogP) is -6.26. The van der Waals surface area contributed by atoms with Crippen LogP contribution in [0.2, 0.25) is 0 Å². The second-order valence-electron chi connectivity index (χ2n) is 8.90. The third-order valence-corrected chi connectivity index (χ3v) is 6.42. The molecule has 3 aliphatic heterocycles. The predicted molar refractivity (Wildman–Crippen MR) is 111 cm³/mol. The molecule has 16 nitrogen and oxygen atoms in total. The second kappa shape index (κ2) is 12.9. The molecule has 0 aromatic carbocycles. The van der Waals surface area contributed by atoms with E-state index in [4.69, 9.17) is 33.2 Å². The van der Waals surface area contributed by atoms with Crippen molar-refractivity contribution < 1.29 is 79.1 Å². The van der Waals surface area contributed by atoms with Crippen LogP contribution in [0.5, 0.6) is 0 Å². The van der Waals surface area contributed by atoms with Crippen LogP contribution in [0.3, 0.4) is 0 Å². The molecule has 0 unspecified atom stereocenters. The highest BCUT2D eigenvalue weighted by atomic mass is 16.7. The maximum Gasteiger partial charge on any atom is 0.186 e. The van der Waals surface area contributed by atoms with Gasteiger partial charge in [-0.2, -0.15) is 0 Å². The van der Waals surface area contributed by atoms with Crippen LogP contribution in [0.1, 0.15) is 0 Å². The molecule has 3 aliphatic rings. The third kappa shape index (κ3) is 6.32. The molecule has 3 fully saturated rings. The van der Waals surface area contributed by atoms with Gasteiger partial charge in [-0.05, 0) is 0 Å². The number of methoxy groups -OCH3 is 2. The van der Waals surface area contributed by atoms with Gasteiger partial charge in [0.05, 0.1) is 19.8 Å². The zero-order chi connectivity index (χ0) is 26.7. The normalized spacial score (nSPS) is 50.2. The maximum absolute atomic E-state index is 10.3. The van der Waals surface area contributed by atoms with Crippen LogP contribution in [0.25, 0.3) is 0 Å². The molecule has 0 saturated carbocycles. The van der Waals surface area contributed by atoms with Gasteiger partial charge in [-0.15, -0.1) is 0 Å². The minimum atomic E-state index is -1.75. The molecule has 0 aromatic heterocycles. The number of aliphatic hydroxyl groups is 9. The minimum Gasteiger partial charge on any atom is -0.387 e. The van der Waals surface area contributed by atoms with Crippen LogP contribution < -0.4 is 0 Å². The second-order valence-corrected chi connectivity index (χ2v) is 8.90. The molecule has 0 aliphatic carbocycles. The molecule has 3 rings (SSSR count). The fourth-order valence-corrected chi connectivity index (χ4v) is 4.18. The molecule has 9 N–H and O–H groups in total. The van der Waals surface area contributed by atoms with Crippen molar-refractivity contribution in [1.29, 1.82) is 0 Å². The molecular weight excluding hydrogens is 496 g/mol. The van der Waals surface area contributed by atoms with Gasteiger partial charge in [0.1, 0.15) is 73.2 Å². The van der Waals surface area contributed by atoms with Gasteiger partial charge < -0.3 is 79.1 Å². The van der Waals surface area contributed by atoms with Gasteiger partial charge in [-0.3, -0.25) is 0 Å². The van der Waals surface area contributed by atoms with Crippen molar-refractivity contribution in [2.24, 2.45) is 0 Å². The first-order chi connectivity index (χ1) is 17.0. The summed E-state index contributed by atoms with van der Waals surface area (Å²) < 4.78 is 36.9. The van der Waals surface area contributed by atoms with Crippen molar-refractivity contribution in [2.75, 3.05) is 34.0 Å². The van der Waals surface area contributed by atoms with Crippen molar-refractivity contribution in [3.05, 3.63) is 0 Å². The Kier molecular flexibility index (Phi) is 10.8. The highest BCUT2D eigenvalue weighted by molar-refractivity contribution is 4.93. The van der Waals surface area contributed by atoms with E-state index < -0.39 is 105 Å². The average molecular weight is 532 g/mol. The van der Waals surface area contributed by atoms with Crippen molar-refractivity contribution in [3.63, 3.8) is 0 Å². The Morgan fingerprint density at radius 2 is 0.778 bits per heavy atom. The van der Waals surface area contributed by atoms with Gasteiger partial charge >= 0.3 is 0 Å². The number of rotatable bonds is 9. The Hall–Kier alpha value is -0.640. The van der Waals surface area contributed by atoms with E-state index in [0.29, 0.717) is 0 Å². The molecule has 212 valence electrons. The standard InChI is InChI=1S/C20H36O16/c1-30-3-6-9(21)13(25)16(28)19(35-6)33-5-8-11(23)14(26)17(29)20(36-8)32-4-7-10(22)12(24)15(27)18(31-2)34-7/h6-29H,3-5H2,1-2H3/t6-,7-,8-,9-,10-,11-,12+,13+,14+,15+,16+,17+,18+,19+,20+/m1/s1. The van der Waals surface area contributed by atoms with Crippen LogP contribution in [-0.4, -0.2) is 172 Å². The summed E-state index contributed by atoms with van der Waals surface area (Å²) in [6.45, 7) is -1.09. The Bertz CT molecular complexity index is 670. The smallest absolute Gasteiger partial charge is 0.186 e. The lowest BCUT2D eigenvalue weighted by atomic mass is 9.98. The minimum absolute atomic E-state index is 0.112. The third-order valence-electron chi connectivity index (χ3n) is 6.42. The highest BCUT2D eigenvalue weighted by Gasteiger charge is 2.49. The lowest BCUT2D eigenvalue weighted by Crippen LogP contribution is -2.62. The Balaban J connectivity index is 1.59.